The van der Waals surface area contributed by atoms with Crippen LogP contribution >= 0.6 is 0 Å². The molecule has 0 saturated carbocycles. The van der Waals surface area contributed by atoms with E-state index in [0.717, 1.165) is 43.8 Å². The molecule has 1 aromatic heterocycles. The SMILES string of the molecule is Cc1cccc(CN2CCN(C(=O)CCn3cnc4ccccc43)CC2)c1. The highest BCUT2D eigenvalue weighted by Crippen LogP contribution is 2.14. The number of fused-ring (bicyclic) bond motifs is 1. The molecule has 4 rings (SSSR count). The van der Waals surface area contributed by atoms with Crippen LogP contribution in [-0.4, -0.2) is 51.4 Å². The molecule has 2 heterocycles. The van der Waals surface area contributed by atoms with Gasteiger partial charge in [0.25, 0.3) is 0 Å². The minimum atomic E-state index is 0.239. The molecule has 3 aromatic rings. The van der Waals surface area contributed by atoms with E-state index in [1.54, 1.807) is 0 Å². The fourth-order valence-electron chi connectivity index (χ4n) is 3.79. The fourth-order valence-corrected chi connectivity index (χ4v) is 3.79. The van der Waals surface area contributed by atoms with Gasteiger partial charge in [0.05, 0.1) is 17.4 Å². The van der Waals surface area contributed by atoms with Crippen molar-refractivity contribution in [1.29, 1.82) is 0 Å². The molecule has 0 unspecified atom stereocenters. The number of benzene rings is 2. The van der Waals surface area contributed by atoms with Gasteiger partial charge in [-0.25, -0.2) is 4.98 Å². The Balaban J connectivity index is 1.27. The van der Waals surface area contributed by atoms with E-state index in [-0.39, 0.29) is 5.91 Å². The van der Waals surface area contributed by atoms with Crippen molar-refractivity contribution in [2.24, 2.45) is 0 Å². The summed E-state index contributed by atoms with van der Waals surface area (Å²) in [7, 11) is 0. The van der Waals surface area contributed by atoms with E-state index in [1.165, 1.54) is 11.1 Å². The topological polar surface area (TPSA) is 41.4 Å². The largest absolute Gasteiger partial charge is 0.340 e. The Morgan fingerprint density at radius 2 is 1.85 bits per heavy atom. The van der Waals surface area contributed by atoms with Gasteiger partial charge in [-0.15, -0.1) is 0 Å². The van der Waals surface area contributed by atoms with Gasteiger partial charge in [0.15, 0.2) is 0 Å². The van der Waals surface area contributed by atoms with Crippen LogP contribution in [0.15, 0.2) is 54.9 Å². The Hall–Kier alpha value is -2.66. The molecule has 1 saturated heterocycles. The highest BCUT2D eigenvalue weighted by molar-refractivity contribution is 5.77. The molecule has 1 aliphatic heterocycles. The second-order valence-corrected chi connectivity index (χ2v) is 7.32. The lowest BCUT2D eigenvalue weighted by atomic mass is 10.1. The number of hydrogen-bond donors (Lipinski definition) is 0. The van der Waals surface area contributed by atoms with Gasteiger partial charge in [-0.2, -0.15) is 0 Å². The summed E-state index contributed by atoms with van der Waals surface area (Å²) in [6.07, 6.45) is 2.36. The molecule has 0 N–H and O–H groups in total. The van der Waals surface area contributed by atoms with Crippen molar-refractivity contribution in [3.8, 4) is 0 Å². The average Bonchev–Trinajstić information content (AvgIpc) is 3.10. The minimum absolute atomic E-state index is 0.239. The first-order valence-electron chi connectivity index (χ1n) is 9.64. The molecular weight excluding hydrogens is 336 g/mol. The summed E-state index contributed by atoms with van der Waals surface area (Å²) in [5.41, 5.74) is 4.72. The maximum atomic E-state index is 12.6. The molecule has 1 aliphatic rings. The van der Waals surface area contributed by atoms with Crippen LogP contribution in [0, 0.1) is 6.92 Å². The quantitative estimate of drug-likeness (QED) is 0.700. The van der Waals surface area contributed by atoms with Gasteiger partial charge in [-0.1, -0.05) is 42.0 Å². The van der Waals surface area contributed by atoms with Crippen molar-refractivity contribution in [3.05, 3.63) is 66.0 Å². The molecule has 0 atom stereocenters. The van der Waals surface area contributed by atoms with Crippen molar-refractivity contribution < 1.29 is 4.79 Å². The second-order valence-electron chi connectivity index (χ2n) is 7.32. The summed E-state index contributed by atoms with van der Waals surface area (Å²) < 4.78 is 2.07. The van der Waals surface area contributed by atoms with Crippen LogP contribution in [-0.2, 0) is 17.9 Å². The summed E-state index contributed by atoms with van der Waals surface area (Å²) in [6, 6.07) is 16.7. The van der Waals surface area contributed by atoms with Crippen molar-refractivity contribution in [3.63, 3.8) is 0 Å². The van der Waals surface area contributed by atoms with Gasteiger partial charge in [-0.05, 0) is 24.6 Å². The van der Waals surface area contributed by atoms with E-state index in [4.69, 9.17) is 0 Å². The third-order valence-corrected chi connectivity index (χ3v) is 5.31. The Bertz CT molecular complexity index is 925. The monoisotopic (exact) mass is 362 g/mol. The van der Waals surface area contributed by atoms with Gasteiger partial charge in [0.1, 0.15) is 0 Å². The molecule has 5 nitrogen and oxygen atoms in total. The summed E-state index contributed by atoms with van der Waals surface area (Å²) in [5, 5.41) is 0. The number of rotatable bonds is 5. The zero-order valence-corrected chi connectivity index (χ0v) is 15.8. The van der Waals surface area contributed by atoms with E-state index in [1.807, 2.05) is 29.4 Å². The number of piperazine rings is 1. The number of imidazole rings is 1. The molecule has 2 aromatic carbocycles. The Labute approximate surface area is 160 Å². The Kier molecular flexibility index (Phi) is 5.21. The third-order valence-electron chi connectivity index (χ3n) is 5.31. The normalized spacial score (nSPS) is 15.4. The number of carbonyl (C=O) groups excluding carboxylic acids is 1. The van der Waals surface area contributed by atoms with Crippen LogP contribution in [0.4, 0.5) is 0 Å². The molecule has 1 fully saturated rings. The van der Waals surface area contributed by atoms with Crippen molar-refractivity contribution in [2.45, 2.75) is 26.4 Å². The minimum Gasteiger partial charge on any atom is -0.340 e. The number of hydrogen-bond acceptors (Lipinski definition) is 3. The molecule has 140 valence electrons. The van der Waals surface area contributed by atoms with E-state index in [0.29, 0.717) is 13.0 Å². The van der Waals surface area contributed by atoms with Crippen LogP contribution in [0.5, 0.6) is 0 Å². The van der Waals surface area contributed by atoms with E-state index in [9.17, 15) is 4.79 Å². The molecule has 5 heteroatoms. The van der Waals surface area contributed by atoms with E-state index < -0.39 is 0 Å². The predicted molar refractivity (Wildman–Crippen MR) is 107 cm³/mol. The fraction of sp³-hybridized carbons (Fsp3) is 0.364. The van der Waals surface area contributed by atoms with Crippen LogP contribution in [0.1, 0.15) is 17.5 Å². The van der Waals surface area contributed by atoms with Crippen molar-refractivity contribution >= 4 is 16.9 Å². The molecule has 0 aliphatic carbocycles. The summed E-state index contributed by atoms with van der Waals surface area (Å²) in [4.78, 5) is 21.4. The number of nitrogens with zero attached hydrogens (tertiary/aromatic N) is 4. The van der Waals surface area contributed by atoms with Crippen molar-refractivity contribution in [2.75, 3.05) is 26.2 Å². The highest BCUT2D eigenvalue weighted by atomic mass is 16.2. The Morgan fingerprint density at radius 1 is 1.04 bits per heavy atom. The van der Waals surface area contributed by atoms with Crippen LogP contribution in [0.2, 0.25) is 0 Å². The first-order chi connectivity index (χ1) is 13.2. The molecule has 0 bridgehead atoms. The second kappa shape index (κ2) is 7.92. The first-order valence-corrected chi connectivity index (χ1v) is 9.64. The Morgan fingerprint density at radius 3 is 2.67 bits per heavy atom. The highest BCUT2D eigenvalue weighted by Gasteiger charge is 2.21. The molecule has 1 amide bonds. The van der Waals surface area contributed by atoms with E-state index >= 15 is 0 Å². The summed E-state index contributed by atoms with van der Waals surface area (Å²) in [6.45, 7) is 7.28. The zero-order valence-electron chi connectivity index (χ0n) is 15.8. The van der Waals surface area contributed by atoms with E-state index in [2.05, 4.69) is 51.7 Å². The maximum Gasteiger partial charge on any atom is 0.224 e. The summed E-state index contributed by atoms with van der Waals surface area (Å²) >= 11 is 0. The van der Waals surface area contributed by atoms with Gasteiger partial charge < -0.3 is 9.47 Å². The van der Waals surface area contributed by atoms with Gasteiger partial charge in [-0.3, -0.25) is 9.69 Å². The maximum absolute atomic E-state index is 12.6. The van der Waals surface area contributed by atoms with Crippen LogP contribution in [0.25, 0.3) is 11.0 Å². The number of aryl methyl sites for hydroxylation is 2. The first kappa shape index (κ1) is 17.7. The number of aromatic nitrogens is 2. The van der Waals surface area contributed by atoms with Gasteiger partial charge >= 0.3 is 0 Å². The van der Waals surface area contributed by atoms with Crippen LogP contribution in [0.3, 0.4) is 0 Å². The molecule has 27 heavy (non-hydrogen) atoms. The molecule has 0 radical (unpaired) electrons. The molecule has 0 spiro atoms. The standard InChI is InChI=1S/C22H26N4O/c1-18-5-4-6-19(15-18)16-24-11-13-25(14-12-24)22(27)9-10-26-17-23-20-7-2-3-8-21(20)26/h2-8,15,17H,9-14,16H2,1H3. The average molecular weight is 362 g/mol. The zero-order chi connectivity index (χ0) is 18.6. The lowest BCUT2D eigenvalue weighted by Gasteiger charge is -2.35. The van der Waals surface area contributed by atoms with Crippen LogP contribution < -0.4 is 0 Å². The smallest absolute Gasteiger partial charge is 0.224 e. The van der Waals surface area contributed by atoms with Gasteiger partial charge in [0.2, 0.25) is 5.91 Å². The predicted octanol–water partition coefficient (Wildman–Crippen LogP) is 3.08. The summed E-state index contributed by atoms with van der Waals surface area (Å²) in [5.74, 6) is 0.239. The third kappa shape index (κ3) is 4.19. The van der Waals surface area contributed by atoms with Gasteiger partial charge in [0, 0.05) is 45.7 Å². The number of carbonyl (C=O) groups is 1. The number of amides is 1. The lowest BCUT2D eigenvalue weighted by Crippen LogP contribution is -2.48. The van der Waals surface area contributed by atoms with Crippen molar-refractivity contribution in [1.82, 2.24) is 19.4 Å². The lowest BCUT2D eigenvalue weighted by molar-refractivity contribution is -0.133. The number of para-hydroxylation sites is 2. The molecular formula is C22H26N4O.